The smallest absolute Gasteiger partial charge is 0.317 e. The number of thiazole rings is 1. The van der Waals surface area contributed by atoms with E-state index < -0.39 is 0 Å². The van der Waals surface area contributed by atoms with Crippen LogP contribution < -0.4 is 10.6 Å². The van der Waals surface area contributed by atoms with Crippen molar-refractivity contribution in [2.24, 2.45) is 14.1 Å². The van der Waals surface area contributed by atoms with Gasteiger partial charge in [-0.05, 0) is 122 Å². The van der Waals surface area contributed by atoms with Crippen LogP contribution >= 0.6 is 11.3 Å². The van der Waals surface area contributed by atoms with E-state index in [4.69, 9.17) is 54.3 Å². The second kappa shape index (κ2) is 42.4. The lowest BCUT2D eigenvalue weighted by Crippen LogP contribution is -2.41. The fourth-order valence-electron chi connectivity index (χ4n) is 21.8. The number of carbonyl (C=O) groups excluding carboxylic acids is 5. The minimum Gasteiger partial charge on any atom is -0.381 e. The van der Waals surface area contributed by atoms with Crippen LogP contribution in [0.15, 0.2) is 165 Å². The Kier molecular flexibility index (Phi) is 28.3. The molecule has 4 aromatic carbocycles. The number of aromatic nitrogens is 18. The molecule has 24 rings (SSSR count). The first kappa shape index (κ1) is 96.6. The second-order valence-electron chi connectivity index (χ2n) is 38.3. The van der Waals surface area contributed by atoms with Gasteiger partial charge in [0.25, 0.3) is 5.91 Å². The first-order valence-corrected chi connectivity index (χ1v) is 51.5. The van der Waals surface area contributed by atoms with Crippen molar-refractivity contribution >= 4 is 84.1 Å². The van der Waals surface area contributed by atoms with Crippen LogP contribution in [-0.2, 0) is 99.3 Å². The molecule has 8 aliphatic heterocycles. The average Bonchev–Trinajstić information content (AvgIpc) is 1.53. The number of fused-ring (bicyclic) bond motifs is 8. The van der Waals surface area contributed by atoms with Gasteiger partial charge in [0.2, 0.25) is 17.7 Å². The molecule has 4 saturated heterocycles. The minimum atomic E-state index is -0.352. The van der Waals surface area contributed by atoms with E-state index in [0.717, 1.165) is 268 Å². The van der Waals surface area contributed by atoms with Crippen molar-refractivity contribution in [2.75, 3.05) is 93.1 Å². The van der Waals surface area contributed by atoms with Gasteiger partial charge in [-0.15, -0.1) is 11.3 Å². The third-order valence-electron chi connectivity index (χ3n) is 29.5. The van der Waals surface area contributed by atoms with Crippen LogP contribution in [0.3, 0.4) is 0 Å². The lowest BCUT2D eigenvalue weighted by Gasteiger charge is -2.30. The number of pyridine rings is 5. The Bertz CT molecular complexity index is 7340. The first-order chi connectivity index (χ1) is 70.8. The van der Waals surface area contributed by atoms with Gasteiger partial charge in [0, 0.05) is 327 Å². The highest BCUT2D eigenvalue weighted by Gasteiger charge is 2.38. The van der Waals surface area contributed by atoms with Crippen molar-refractivity contribution in [3.05, 3.63) is 227 Å². The standard InChI is InChI=1S/C30H32N6O3.C27H30N6O2.C27H29N5O2S.C26H28FN7O2/c1-3-28(37)35-12-9-27-24(18-35)29(34-36(27)21-10-13-39-14-11-21)22-6-4-5-19-15-26(33-17-23(19)22)20-7-8-25(32-16-20)30(38)31-2;1-3-26(34)32-10-7-25-23(17-32)27(30-33(25)20-8-11-35-12-9-20)21-6-4-5-18-13-24(28-15-22(18)21)19-14-29-31(2)16-19;1-3-26(33)31-10-7-24-22(16-31)27(30-32(24)19-8-11-34-12-9-19)20-6-4-5-18-13-23(29-14-21(18)20)25-15-28-17(2)35-25;1-28-26(35)33-8-5-23-20(15-33)25(31-34(23)18-6-9-36-10-7-18)24-19-13-29-22(17-12-30-32(2)14-17)11-16(19)3-4-21(24)27/h4-8,15-17,21H,3,9-14,18H2,1-2H3,(H,31,38);4-6,13-16,20H,3,7-12,17H2,1-2H3;4-6,13-15,19H,3,7-12,16H2,1-2H3;3-4,11-14,18H,5-10,15H2,1-2H3,(H,28,35). The molecule has 35 heteroatoms. The summed E-state index contributed by atoms with van der Waals surface area (Å²) >= 11 is 1.66. The molecule has 0 radical (unpaired) electrons. The molecular weight excluding hydrogens is 1850 g/mol. The van der Waals surface area contributed by atoms with E-state index in [1.165, 1.54) is 34.3 Å². The third kappa shape index (κ3) is 19.6. The molecule has 4 fully saturated rings. The molecular formula is C110H119FN24O9S. The highest BCUT2D eigenvalue weighted by atomic mass is 32.1. The van der Waals surface area contributed by atoms with Gasteiger partial charge in [-0.3, -0.25) is 72.2 Å². The van der Waals surface area contributed by atoms with Gasteiger partial charge in [-0.2, -0.15) is 30.6 Å². The topological polar surface area (TPSA) is 344 Å². The Balaban J connectivity index is 0.000000114. The minimum absolute atomic E-state index is 0.147. The summed E-state index contributed by atoms with van der Waals surface area (Å²) in [5.74, 6) is -0.00777. The summed E-state index contributed by atoms with van der Waals surface area (Å²) in [6.07, 6.45) is 30.7. The molecule has 12 aromatic heterocycles. The summed E-state index contributed by atoms with van der Waals surface area (Å²) in [5.41, 5.74) is 22.8. The molecule has 6 amide bonds. The first-order valence-electron chi connectivity index (χ1n) is 50.7. The molecule has 0 saturated carbocycles. The zero-order valence-corrected chi connectivity index (χ0v) is 83.9. The number of aryl methyl sites for hydroxylation is 3. The van der Waals surface area contributed by atoms with Crippen molar-refractivity contribution in [2.45, 2.75) is 174 Å². The van der Waals surface area contributed by atoms with E-state index in [2.05, 4.69) is 115 Å². The van der Waals surface area contributed by atoms with Crippen molar-refractivity contribution in [3.8, 4) is 89.4 Å². The Morgan fingerprint density at radius 1 is 0.393 bits per heavy atom. The zero-order valence-electron chi connectivity index (χ0n) is 83.1. The van der Waals surface area contributed by atoms with E-state index in [-0.39, 0.29) is 41.5 Å². The van der Waals surface area contributed by atoms with Gasteiger partial charge in [-0.1, -0.05) is 81.4 Å². The molecule has 0 spiro atoms. The number of amides is 6. The number of urea groups is 1. The molecule has 0 atom stereocenters. The largest absolute Gasteiger partial charge is 0.381 e. The molecule has 0 unspecified atom stereocenters. The Labute approximate surface area is 842 Å². The number of nitrogens with one attached hydrogen (secondary N) is 2. The lowest BCUT2D eigenvalue weighted by atomic mass is 9.96. The maximum absolute atomic E-state index is 15.6. The van der Waals surface area contributed by atoms with Crippen molar-refractivity contribution in [1.82, 2.24) is 119 Å². The summed E-state index contributed by atoms with van der Waals surface area (Å²) in [4.78, 5) is 98.5. The number of benzene rings is 4. The fraction of sp³-hybridized carbons (Fsp3) is 0.391. The molecule has 746 valence electrons. The van der Waals surface area contributed by atoms with Crippen LogP contribution in [0, 0.1) is 12.7 Å². The summed E-state index contributed by atoms with van der Waals surface area (Å²) < 4.78 is 50.3. The van der Waals surface area contributed by atoms with E-state index in [1.54, 1.807) is 70.4 Å². The van der Waals surface area contributed by atoms with Crippen LogP contribution in [0.2, 0.25) is 0 Å². The number of hydrogen-bond donors (Lipinski definition) is 2. The summed E-state index contributed by atoms with van der Waals surface area (Å²) in [5, 5.41) is 43.5. The van der Waals surface area contributed by atoms with Crippen LogP contribution in [-0.4, -0.2) is 231 Å². The number of hydrogen-bond acceptors (Lipinski definition) is 22. The normalized spacial score (nSPS) is 16.3. The Morgan fingerprint density at radius 3 is 1.12 bits per heavy atom. The summed E-state index contributed by atoms with van der Waals surface area (Å²) in [6.45, 7) is 18.7. The maximum atomic E-state index is 15.6. The highest BCUT2D eigenvalue weighted by molar-refractivity contribution is 7.15. The van der Waals surface area contributed by atoms with E-state index in [1.807, 2.05) is 124 Å². The molecule has 8 aliphatic rings. The highest BCUT2D eigenvalue weighted by Crippen LogP contribution is 2.46. The van der Waals surface area contributed by atoms with E-state index in [9.17, 15) is 24.0 Å². The third-order valence-corrected chi connectivity index (χ3v) is 30.4. The van der Waals surface area contributed by atoms with Gasteiger partial charge >= 0.3 is 6.03 Å². The monoisotopic (exact) mass is 1970 g/mol. The van der Waals surface area contributed by atoms with Gasteiger partial charge in [-0.25, -0.2) is 14.2 Å². The number of nitrogens with zero attached hydrogens (tertiary/aromatic N) is 22. The Morgan fingerprint density at radius 2 is 0.759 bits per heavy atom. The van der Waals surface area contributed by atoms with Crippen LogP contribution in [0.25, 0.3) is 132 Å². The van der Waals surface area contributed by atoms with E-state index in [0.29, 0.717) is 112 Å². The molecule has 2 N–H and O–H groups in total. The lowest BCUT2D eigenvalue weighted by molar-refractivity contribution is -0.132. The zero-order chi connectivity index (χ0) is 99.6. The molecule has 16 aromatic rings. The van der Waals surface area contributed by atoms with Gasteiger partial charge < -0.3 is 49.2 Å². The van der Waals surface area contributed by atoms with Crippen molar-refractivity contribution < 1.29 is 47.3 Å². The molecule has 0 bridgehead atoms. The van der Waals surface area contributed by atoms with Gasteiger partial charge in [0.1, 0.15) is 17.2 Å². The molecule has 20 heterocycles. The summed E-state index contributed by atoms with van der Waals surface area (Å²) in [7, 11) is 6.98. The second-order valence-corrected chi connectivity index (χ2v) is 39.5. The predicted octanol–water partition coefficient (Wildman–Crippen LogP) is 17.2. The predicted molar refractivity (Wildman–Crippen MR) is 552 cm³/mol. The molecule has 0 aliphatic carbocycles. The van der Waals surface area contributed by atoms with Crippen LogP contribution in [0.4, 0.5) is 9.18 Å². The molecule has 33 nitrogen and oxygen atoms in total. The van der Waals surface area contributed by atoms with Gasteiger partial charge in [0.05, 0.1) is 92.8 Å². The Hall–Kier alpha value is -14.5. The summed E-state index contributed by atoms with van der Waals surface area (Å²) in [6, 6.07) is 35.0. The number of rotatable bonds is 16. The quantitative estimate of drug-likeness (QED) is 0.0907. The molecule has 145 heavy (non-hydrogen) atoms. The number of halogens is 1. The van der Waals surface area contributed by atoms with Crippen molar-refractivity contribution in [1.29, 1.82) is 0 Å². The maximum Gasteiger partial charge on any atom is 0.317 e. The fourth-order valence-corrected chi connectivity index (χ4v) is 22.5. The SMILES string of the molecule is CCC(=O)N1CCc2c(c(-c3cccc4cc(-c5ccc(C(=O)NC)nc5)ncc34)nn2C2CCOCC2)C1.CCC(=O)N1CCc2c(c(-c3cccc4cc(-c5cnc(C)s5)ncc34)nn2C2CCOCC2)C1.CCC(=O)N1CCc2c(c(-c3cccc4cc(-c5cnn(C)c5)ncc34)nn2C2CCOCC2)C1.CNC(=O)N1CCc2c(c(-c3c(F)ccc4cc(-c5cnn(C)c5)ncc34)nn2C2CCOCC2)C1. The number of ether oxygens (including phenoxy) is 4. The van der Waals surface area contributed by atoms with E-state index >= 15 is 4.39 Å². The average molecular weight is 1970 g/mol. The van der Waals surface area contributed by atoms with Crippen molar-refractivity contribution in [3.63, 3.8) is 0 Å². The van der Waals surface area contributed by atoms with Crippen LogP contribution in [0.5, 0.6) is 0 Å². The van der Waals surface area contributed by atoms with Gasteiger partial charge in [0.15, 0.2) is 0 Å². The van der Waals surface area contributed by atoms with Crippen LogP contribution in [0.1, 0.15) is 176 Å². The number of carbonyl (C=O) groups is 5.